The Hall–Kier alpha value is -2.65. The highest BCUT2D eigenvalue weighted by Crippen LogP contribution is 2.12. The molecule has 0 saturated carbocycles. The second-order valence-electron chi connectivity index (χ2n) is 6.88. The van der Waals surface area contributed by atoms with Crippen LogP contribution in [0.5, 0.6) is 0 Å². The van der Waals surface area contributed by atoms with Crippen molar-refractivity contribution in [3.05, 3.63) is 0 Å². The van der Waals surface area contributed by atoms with Crippen LogP contribution in [0.1, 0.15) is 39.0 Å². The lowest BCUT2D eigenvalue weighted by atomic mass is 10.4. The Morgan fingerprint density at radius 3 is 1.89 bits per heavy atom. The maximum Gasteiger partial charge on any atom is 0.335 e. The number of carbonyl (C=O) groups excluding carboxylic acids is 4. The van der Waals surface area contributed by atoms with Crippen LogP contribution in [0, 0.1) is 0 Å². The summed E-state index contributed by atoms with van der Waals surface area (Å²) in [6.07, 6.45) is 0.547. The summed E-state index contributed by atoms with van der Waals surface area (Å²) in [6, 6.07) is 0. The molecule has 14 heteroatoms. The van der Waals surface area contributed by atoms with Gasteiger partial charge >= 0.3 is 11.9 Å². The number of aliphatic carboxylic acids is 1. The molecule has 4 N–H and O–H groups in total. The predicted octanol–water partition coefficient (Wildman–Crippen LogP) is -1.00. The quantitative estimate of drug-likeness (QED) is 0.143. The molecule has 1 aliphatic heterocycles. The zero-order valence-corrected chi connectivity index (χ0v) is 20.2. The number of hydroxylamine groups is 2. The molecule has 0 unspecified atom stereocenters. The number of imide groups is 1. The van der Waals surface area contributed by atoms with Crippen molar-refractivity contribution in [1.29, 1.82) is 0 Å². The number of hydrogen-bond acceptors (Lipinski definition) is 11. The van der Waals surface area contributed by atoms with Gasteiger partial charge in [0.25, 0.3) is 11.8 Å². The van der Waals surface area contributed by atoms with Crippen LogP contribution >= 0.6 is 0 Å². The van der Waals surface area contributed by atoms with Gasteiger partial charge in [-0.1, -0.05) is 6.92 Å². The molecule has 0 aromatic heterocycles. The second kappa shape index (κ2) is 21.9. The number of nitrogens with zero attached hydrogens (tertiary/aromatic N) is 1. The Morgan fingerprint density at radius 2 is 1.37 bits per heavy atom. The second-order valence-corrected chi connectivity index (χ2v) is 6.88. The molecule has 1 fully saturated rings. The van der Waals surface area contributed by atoms with Crippen LogP contribution in [0.3, 0.4) is 0 Å². The number of amides is 3. The minimum absolute atomic E-state index is 0.0293. The zero-order valence-electron chi connectivity index (χ0n) is 20.2. The third-order valence-corrected chi connectivity index (χ3v) is 4.01. The summed E-state index contributed by atoms with van der Waals surface area (Å²) >= 11 is 0. The van der Waals surface area contributed by atoms with E-state index in [1.807, 2.05) is 0 Å². The fourth-order valence-corrected chi connectivity index (χ4v) is 2.24. The molecule has 1 saturated heterocycles. The number of nitrogens with one attached hydrogen (secondary N) is 1. The first kappa shape index (κ1) is 32.4. The summed E-state index contributed by atoms with van der Waals surface area (Å²) < 4.78 is 20.3. The first-order chi connectivity index (χ1) is 16.8. The molecule has 0 aliphatic carbocycles. The van der Waals surface area contributed by atoms with Crippen molar-refractivity contribution < 1.29 is 52.9 Å². The van der Waals surface area contributed by atoms with Crippen molar-refractivity contribution in [3.63, 3.8) is 0 Å². The topological polar surface area (TPSA) is 193 Å². The number of rotatable bonds is 19. The molecule has 1 aliphatic rings. The Labute approximate surface area is 204 Å². The number of ether oxygens (including phenoxy) is 4. The monoisotopic (exact) mass is 507 g/mol. The Balaban J connectivity index is 0.000000814. The number of nitrogens with two attached hydrogens (primary N) is 1. The van der Waals surface area contributed by atoms with Crippen molar-refractivity contribution in [3.8, 4) is 0 Å². The van der Waals surface area contributed by atoms with E-state index in [9.17, 15) is 24.0 Å². The lowest BCUT2D eigenvalue weighted by Gasteiger charge is -2.12. The van der Waals surface area contributed by atoms with E-state index >= 15 is 0 Å². The van der Waals surface area contributed by atoms with Gasteiger partial charge in [-0.15, -0.1) is 5.06 Å². The summed E-state index contributed by atoms with van der Waals surface area (Å²) in [5.74, 6) is -2.59. The molecule has 1 heterocycles. The fraction of sp³-hybridized carbons (Fsp3) is 0.762. The van der Waals surface area contributed by atoms with Crippen LogP contribution in [0.4, 0.5) is 0 Å². The molecule has 35 heavy (non-hydrogen) atoms. The molecule has 0 aromatic carbocycles. The molecule has 0 radical (unpaired) electrons. The first-order valence-electron chi connectivity index (χ1n) is 11.4. The minimum atomic E-state index is -0.849. The maximum atomic E-state index is 11.4. The van der Waals surface area contributed by atoms with E-state index in [-0.39, 0.29) is 51.4 Å². The molecule has 0 bridgehead atoms. The standard InChI is InChI=1S/C14H22N2O7.C7H15NO4/c1-2-11(17)15-6-8-22-10-9-21-7-5-14(20)23-16-12(18)3-4-13(16)19;8-2-4-12-6-5-11-3-1-7(9)10/h2-10H2,1H3,(H,15,17);1-6,8H2,(H,9,10). The molecule has 0 aromatic rings. The highest BCUT2D eigenvalue weighted by molar-refractivity contribution is 6.01. The third kappa shape index (κ3) is 19.4. The van der Waals surface area contributed by atoms with E-state index in [4.69, 9.17) is 29.8 Å². The van der Waals surface area contributed by atoms with Crippen LogP contribution in [-0.4, -0.2) is 106 Å². The molecule has 202 valence electrons. The van der Waals surface area contributed by atoms with Crippen LogP contribution in [0.2, 0.25) is 0 Å². The summed E-state index contributed by atoms with van der Waals surface area (Å²) in [5, 5.41) is 11.4. The average molecular weight is 508 g/mol. The molecule has 1 rings (SSSR count). The van der Waals surface area contributed by atoms with Crippen LogP contribution in [0.25, 0.3) is 0 Å². The summed E-state index contributed by atoms with van der Waals surface area (Å²) in [7, 11) is 0. The van der Waals surface area contributed by atoms with Gasteiger partial charge in [0.05, 0.1) is 65.7 Å². The number of carbonyl (C=O) groups is 5. The van der Waals surface area contributed by atoms with Gasteiger partial charge in [-0.2, -0.15) is 0 Å². The third-order valence-electron chi connectivity index (χ3n) is 4.01. The van der Waals surface area contributed by atoms with Gasteiger partial charge in [-0.05, 0) is 0 Å². The first-order valence-corrected chi connectivity index (χ1v) is 11.4. The van der Waals surface area contributed by atoms with E-state index in [0.717, 1.165) is 0 Å². The van der Waals surface area contributed by atoms with Gasteiger partial charge in [0.15, 0.2) is 0 Å². The average Bonchev–Trinajstić information content (AvgIpc) is 3.14. The molecule has 0 spiro atoms. The lowest BCUT2D eigenvalue weighted by molar-refractivity contribution is -0.198. The van der Waals surface area contributed by atoms with E-state index in [1.165, 1.54) is 0 Å². The molecular formula is C21H37N3O11. The summed E-state index contributed by atoms with van der Waals surface area (Å²) in [4.78, 5) is 59.5. The van der Waals surface area contributed by atoms with Crippen molar-refractivity contribution in [1.82, 2.24) is 10.4 Å². The van der Waals surface area contributed by atoms with Crippen LogP contribution < -0.4 is 11.1 Å². The SMILES string of the molecule is CCC(=O)NCCOCCOCCC(=O)ON1C(=O)CCC1=O.NCCOCCOCCC(=O)O. The van der Waals surface area contributed by atoms with Gasteiger partial charge in [-0.25, -0.2) is 4.79 Å². The Bertz CT molecular complexity index is 630. The molecule has 0 atom stereocenters. The van der Waals surface area contributed by atoms with E-state index in [2.05, 4.69) is 10.2 Å². The highest BCUT2D eigenvalue weighted by atomic mass is 16.7. The lowest BCUT2D eigenvalue weighted by Crippen LogP contribution is -2.32. The van der Waals surface area contributed by atoms with Crippen molar-refractivity contribution >= 4 is 29.7 Å². The molecule has 14 nitrogen and oxygen atoms in total. The maximum absolute atomic E-state index is 11.4. The van der Waals surface area contributed by atoms with Gasteiger partial charge in [0.1, 0.15) is 0 Å². The predicted molar refractivity (Wildman–Crippen MR) is 120 cm³/mol. The largest absolute Gasteiger partial charge is 0.481 e. The van der Waals surface area contributed by atoms with E-state index in [0.29, 0.717) is 57.6 Å². The minimum Gasteiger partial charge on any atom is -0.481 e. The molecular weight excluding hydrogens is 470 g/mol. The zero-order chi connectivity index (χ0) is 26.3. The van der Waals surface area contributed by atoms with E-state index < -0.39 is 23.8 Å². The highest BCUT2D eigenvalue weighted by Gasteiger charge is 2.32. The van der Waals surface area contributed by atoms with Crippen molar-refractivity contribution in [2.45, 2.75) is 39.0 Å². The van der Waals surface area contributed by atoms with Crippen molar-refractivity contribution in [2.24, 2.45) is 5.73 Å². The van der Waals surface area contributed by atoms with Gasteiger partial charge in [0, 0.05) is 32.4 Å². The normalized spacial score (nSPS) is 12.8. The number of carboxylic acid groups (broad SMARTS) is 1. The fourth-order valence-electron chi connectivity index (χ4n) is 2.24. The molecule has 3 amide bonds. The van der Waals surface area contributed by atoms with Crippen LogP contribution in [-0.2, 0) is 47.8 Å². The van der Waals surface area contributed by atoms with Gasteiger partial charge < -0.3 is 39.9 Å². The smallest absolute Gasteiger partial charge is 0.335 e. The Morgan fingerprint density at radius 1 is 0.857 bits per heavy atom. The Kier molecular flexibility index (Phi) is 20.2. The van der Waals surface area contributed by atoms with Crippen LogP contribution in [0.15, 0.2) is 0 Å². The van der Waals surface area contributed by atoms with Gasteiger partial charge in [0.2, 0.25) is 5.91 Å². The van der Waals surface area contributed by atoms with Gasteiger partial charge in [-0.3, -0.25) is 19.2 Å². The number of hydrogen-bond donors (Lipinski definition) is 3. The summed E-state index contributed by atoms with van der Waals surface area (Å²) in [6.45, 7) is 5.46. The summed E-state index contributed by atoms with van der Waals surface area (Å²) in [5.41, 5.74) is 5.17. The van der Waals surface area contributed by atoms with E-state index in [1.54, 1.807) is 6.92 Å². The number of carboxylic acids is 1. The van der Waals surface area contributed by atoms with Crippen molar-refractivity contribution in [2.75, 3.05) is 65.9 Å².